The van der Waals surface area contributed by atoms with Gasteiger partial charge >= 0.3 is 0 Å². The van der Waals surface area contributed by atoms with Crippen molar-refractivity contribution >= 4 is 5.91 Å². The number of carbonyl (C=O) groups is 1. The SMILES string of the molecule is CCCC[C@H](N)C(=O)N1CCC(c2nccn2Cc2ccncc2)CC1. The molecular weight excluding hydrogens is 326 g/mol. The average Bonchev–Trinajstić information content (AvgIpc) is 3.14. The van der Waals surface area contributed by atoms with E-state index < -0.39 is 0 Å². The van der Waals surface area contributed by atoms with Crippen molar-refractivity contribution in [1.29, 1.82) is 0 Å². The first kappa shape index (κ1) is 18.6. The minimum Gasteiger partial charge on any atom is -0.341 e. The Morgan fingerprint density at radius 2 is 2.00 bits per heavy atom. The van der Waals surface area contributed by atoms with Gasteiger partial charge in [0.05, 0.1) is 6.04 Å². The minimum absolute atomic E-state index is 0.108. The van der Waals surface area contributed by atoms with Gasteiger partial charge in [-0.2, -0.15) is 0 Å². The van der Waals surface area contributed by atoms with E-state index in [2.05, 4.69) is 21.5 Å². The number of hydrogen-bond acceptors (Lipinski definition) is 4. The van der Waals surface area contributed by atoms with Gasteiger partial charge in [0.25, 0.3) is 0 Å². The second kappa shape index (κ2) is 8.94. The van der Waals surface area contributed by atoms with Gasteiger partial charge in [-0.3, -0.25) is 9.78 Å². The van der Waals surface area contributed by atoms with E-state index in [-0.39, 0.29) is 11.9 Å². The third-order valence-electron chi connectivity index (χ3n) is 5.21. The number of likely N-dealkylation sites (tertiary alicyclic amines) is 1. The molecular formula is C20H29N5O. The summed E-state index contributed by atoms with van der Waals surface area (Å²) in [5.74, 6) is 1.61. The van der Waals surface area contributed by atoms with Gasteiger partial charge in [-0.25, -0.2) is 4.98 Å². The molecule has 2 aromatic rings. The van der Waals surface area contributed by atoms with Crippen LogP contribution in [0.3, 0.4) is 0 Å². The van der Waals surface area contributed by atoms with E-state index in [0.717, 1.165) is 57.6 Å². The maximum absolute atomic E-state index is 12.5. The molecule has 2 aromatic heterocycles. The number of carbonyl (C=O) groups excluding carboxylic acids is 1. The normalized spacial score (nSPS) is 16.6. The number of nitrogens with two attached hydrogens (primary N) is 1. The summed E-state index contributed by atoms with van der Waals surface area (Å²) in [6.45, 7) is 4.46. The molecule has 2 N–H and O–H groups in total. The summed E-state index contributed by atoms with van der Waals surface area (Å²) in [5, 5.41) is 0. The number of unbranched alkanes of at least 4 members (excludes halogenated alkanes) is 1. The number of amides is 1. The highest BCUT2D eigenvalue weighted by Gasteiger charge is 2.28. The smallest absolute Gasteiger partial charge is 0.239 e. The summed E-state index contributed by atoms with van der Waals surface area (Å²) in [4.78, 5) is 23.1. The lowest BCUT2D eigenvalue weighted by atomic mass is 9.95. The largest absolute Gasteiger partial charge is 0.341 e. The lowest BCUT2D eigenvalue weighted by Crippen LogP contribution is -2.47. The zero-order valence-corrected chi connectivity index (χ0v) is 15.6. The number of nitrogens with zero attached hydrogens (tertiary/aromatic N) is 4. The molecule has 3 rings (SSSR count). The van der Waals surface area contributed by atoms with Crippen molar-refractivity contribution in [3.63, 3.8) is 0 Å². The Hall–Kier alpha value is -2.21. The molecule has 1 aliphatic rings. The summed E-state index contributed by atoms with van der Waals surface area (Å²) in [5.41, 5.74) is 7.28. The maximum Gasteiger partial charge on any atom is 0.239 e. The van der Waals surface area contributed by atoms with E-state index in [9.17, 15) is 4.79 Å². The molecule has 140 valence electrons. The van der Waals surface area contributed by atoms with Crippen LogP contribution in [0.5, 0.6) is 0 Å². The van der Waals surface area contributed by atoms with Crippen molar-refractivity contribution in [2.24, 2.45) is 5.73 Å². The van der Waals surface area contributed by atoms with Crippen molar-refractivity contribution < 1.29 is 4.79 Å². The number of aromatic nitrogens is 3. The molecule has 6 heteroatoms. The van der Waals surface area contributed by atoms with Gasteiger partial charge in [-0.05, 0) is 37.0 Å². The third kappa shape index (κ3) is 4.49. The molecule has 0 bridgehead atoms. The van der Waals surface area contributed by atoms with Gasteiger partial charge in [0.1, 0.15) is 5.82 Å². The summed E-state index contributed by atoms with van der Waals surface area (Å²) in [6, 6.07) is 3.71. The summed E-state index contributed by atoms with van der Waals surface area (Å²) in [6.07, 6.45) is 12.3. The Morgan fingerprint density at radius 3 is 2.69 bits per heavy atom. The molecule has 0 saturated carbocycles. The van der Waals surface area contributed by atoms with E-state index in [0.29, 0.717) is 5.92 Å². The van der Waals surface area contributed by atoms with Gasteiger partial charge in [-0.15, -0.1) is 0 Å². The first-order valence-corrected chi connectivity index (χ1v) is 9.63. The van der Waals surface area contributed by atoms with Crippen molar-refractivity contribution in [1.82, 2.24) is 19.4 Å². The minimum atomic E-state index is -0.347. The van der Waals surface area contributed by atoms with E-state index in [4.69, 9.17) is 5.73 Å². The topological polar surface area (TPSA) is 77.0 Å². The highest BCUT2D eigenvalue weighted by Crippen LogP contribution is 2.27. The molecule has 0 radical (unpaired) electrons. The van der Waals surface area contributed by atoms with Gasteiger partial charge < -0.3 is 15.2 Å². The molecule has 0 unspecified atom stereocenters. The van der Waals surface area contributed by atoms with Crippen LogP contribution in [0.25, 0.3) is 0 Å². The van der Waals surface area contributed by atoms with E-state index in [1.165, 1.54) is 5.56 Å². The number of rotatable bonds is 7. The summed E-state index contributed by atoms with van der Waals surface area (Å²) < 4.78 is 2.21. The fourth-order valence-electron chi connectivity index (χ4n) is 3.64. The highest BCUT2D eigenvalue weighted by atomic mass is 16.2. The number of piperidine rings is 1. The Labute approximate surface area is 155 Å². The van der Waals surface area contributed by atoms with Crippen LogP contribution in [0.1, 0.15) is 56.3 Å². The van der Waals surface area contributed by atoms with Crippen LogP contribution < -0.4 is 5.73 Å². The fourth-order valence-corrected chi connectivity index (χ4v) is 3.64. The first-order valence-electron chi connectivity index (χ1n) is 9.63. The van der Waals surface area contributed by atoms with Crippen LogP contribution in [0, 0.1) is 0 Å². The highest BCUT2D eigenvalue weighted by molar-refractivity contribution is 5.81. The quantitative estimate of drug-likeness (QED) is 0.828. The number of hydrogen-bond donors (Lipinski definition) is 1. The second-order valence-electron chi connectivity index (χ2n) is 7.12. The monoisotopic (exact) mass is 355 g/mol. The molecule has 26 heavy (non-hydrogen) atoms. The van der Waals surface area contributed by atoms with Crippen molar-refractivity contribution in [2.75, 3.05) is 13.1 Å². The third-order valence-corrected chi connectivity index (χ3v) is 5.21. The van der Waals surface area contributed by atoms with Crippen LogP contribution in [0.15, 0.2) is 36.9 Å². The van der Waals surface area contributed by atoms with Gasteiger partial charge in [-0.1, -0.05) is 19.8 Å². The fraction of sp³-hybridized carbons (Fsp3) is 0.550. The second-order valence-corrected chi connectivity index (χ2v) is 7.12. The van der Waals surface area contributed by atoms with Crippen LogP contribution in [-0.2, 0) is 11.3 Å². The zero-order valence-electron chi connectivity index (χ0n) is 15.6. The molecule has 6 nitrogen and oxygen atoms in total. The van der Waals surface area contributed by atoms with Crippen LogP contribution in [-0.4, -0.2) is 44.5 Å². The van der Waals surface area contributed by atoms with E-state index in [1.807, 2.05) is 41.8 Å². The molecule has 1 atom stereocenters. The maximum atomic E-state index is 12.5. The van der Waals surface area contributed by atoms with Crippen LogP contribution in [0.2, 0.25) is 0 Å². The van der Waals surface area contributed by atoms with Crippen LogP contribution in [0.4, 0.5) is 0 Å². The lowest BCUT2D eigenvalue weighted by molar-refractivity contribution is -0.133. The Kier molecular flexibility index (Phi) is 6.39. The Morgan fingerprint density at radius 1 is 1.27 bits per heavy atom. The molecule has 1 saturated heterocycles. The summed E-state index contributed by atoms with van der Waals surface area (Å²) >= 11 is 0. The predicted octanol–water partition coefficient (Wildman–Crippen LogP) is 2.55. The molecule has 0 spiro atoms. The molecule has 1 aliphatic heterocycles. The number of pyridine rings is 1. The van der Waals surface area contributed by atoms with Crippen molar-refractivity contribution in [2.45, 2.75) is 57.5 Å². The Balaban J connectivity index is 1.57. The van der Waals surface area contributed by atoms with Crippen molar-refractivity contribution in [3.8, 4) is 0 Å². The molecule has 3 heterocycles. The summed E-state index contributed by atoms with van der Waals surface area (Å²) in [7, 11) is 0. The van der Waals surface area contributed by atoms with Gasteiger partial charge in [0.15, 0.2) is 0 Å². The molecule has 1 fully saturated rings. The van der Waals surface area contributed by atoms with E-state index in [1.54, 1.807) is 0 Å². The predicted molar refractivity (Wildman–Crippen MR) is 102 cm³/mol. The van der Waals surface area contributed by atoms with Crippen molar-refractivity contribution in [3.05, 3.63) is 48.3 Å². The molecule has 0 aliphatic carbocycles. The number of imidazole rings is 1. The molecule has 0 aromatic carbocycles. The standard InChI is InChI=1S/C20H29N5O/c1-2-3-4-18(21)20(26)24-12-7-17(8-13-24)19-23-11-14-25(19)15-16-5-9-22-10-6-16/h5-6,9-11,14,17-18H,2-4,7-8,12-13,15,21H2,1H3/t18-/m0/s1. The first-order chi connectivity index (χ1) is 12.7. The van der Waals surface area contributed by atoms with Crippen LogP contribution >= 0.6 is 0 Å². The Bertz CT molecular complexity index is 691. The average molecular weight is 355 g/mol. The lowest BCUT2D eigenvalue weighted by Gasteiger charge is -2.33. The van der Waals surface area contributed by atoms with Gasteiger partial charge in [0.2, 0.25) is 5.91 Å². The van der Waals surface area contributed by atoms with E-state index >= 15 is 0 Å². The zero-order chi connectivity index (χ0) is 18.4. The van der Waals surface area contributed by atoms with Gasteiger partial charge in [0, 0.05) is 50.3 Å². The molecule has 1 amide bonds.